The number of nitrogens with zero attached hydrogens (tertiary/aromatic N) is 2. The van der Waals surface area contributed by atoms with Crippen LogP contribution in [0, 0.1) is 0 Å². The summed E-state index contributed by atoms with van der Waals surface area (Å²) in [5.41, 5.74) is 1.97. The van der Waals surface area contributed by atoms with E-state index in [0.717, 1.165) is 42.1 Å². The van der Waals surface area contributed by atoms with Crippen molar-refractivity contribution in [2.24, 2.45) is 0 Å². The van der Waals surface area contributed by atoms with E-state index >= 15 is 0 Å². The quantitative estimate of drug-likeness (QED) is 0.497. The Hall–Kier alpha value is -2.35. The third kappa shape index (κ3) is 5.26. The lowest BCUT2D eigenvalue weighted by Crippen LogP contribution is -2.35. The van der Waals surface area contributed by atoms with Gasteiger partial charge in [0.25, 0.3) is 0 Å². The van der Waals surface area contributed by atoms with E-state index in [-0.39, 0.29) is 11.9 Å². The molecule has 1 atom stereocenters. The fraction of sp³-hybridized carbons (Fsp3) is 0.400. The maximum absolute atomic E-state index is 13.0. The SMILES string of the molecule is CCC(C(=O)NCCc1ccc(Cl)cc1)n1ccc2cc(S(=O)(=O)N3CCCCC3)ccc21. The predicted octanol–water partition coefficient (Wildman–Crippen LogP) is 4.78. The van der Waals surface area contributed by atoms with Crippen LogP contribution in [0.1, 0.15) is 44.2 Å². The van der Waals surface area contributed by atoms with Crippen molar-refractivity contribution in [2.45, 2.75) is 50.0 Å². The molecule has 3 aromatic rings. The molecule has 33 heavy (non-hydrogen) atoms. The molecule has 1 N–H and O–H groups in total. The van der Waals surface area contributed by atoms with Crippen molar-refractivity contribution in [1.82, 2.24) is 14.2 Å². The number of hydrogen-bond acceptors (Lipinski definition) is 3. The number of halogens is 1. The third-order valence-electron chi connectivity index (χ3n) is 6.30. The van der Waals surface area contributed by atoms with Gasteiger partial charge in [-0.15, -0.1) is 0 Å². The van der Waals surface area contributed by atoms with Gasteiger partial charge in [-0.25, -0.2) is 8.42 Å². The molecule has 1 saturated heterocycles. The maximum Gasteiger partial charge on any atom is 0.243 e. The molecule has 8 heteroatoms. The first-order valence-electron chi connectivity index (χ1n) is 11.5. The van der Waals surface area contributed by atoms with Crippen LogP contribution in [0.25, 0.3) is 10.9 Å². The third-order valence-corrected chi connectivity index (χ3v) is 8.44. The summed E-state index contributed by atoms with van der Waals surface area (Å²) in [4.78, 5) is 13.3. The predicted molar refractivity (Wildman–Crippen MR) is 132 cm³/mol. The van der Waals surface area contributed by atoms with Crippen LogP contribution in [-0.2, 0) is 21.2 Å². The number of fused-ring (bicyclic) bond motifs is 1. The zero-order valence-electron chi connectivity index (χ0n) is 18.8. The van der Waals surface area contributed by atoms with Crippen molar-refractivity contribution in [2.75, 3.05) is 19.6 Å². The lowest BCUT2D eigenvalue weighted by Gasteiger charge is -2.26. The monoisotopic (exact) mass is 487 g/mol. The number of carbonyl (C=O) groups excluding carboxylic acids is 1. The van der Waals surface area contributed by atoms with E-state index in [0.29, 0.717) is 36.0 Å². The smallest absolute Gasteiger partial charge is 0.243 e. The van der Waals surface area contributed by atoms with Crippen LogP contribution in [0.4, 0.5) is 0 Å². The zero-order valence-corrected chi connectivity index (χ0v) is 20.4. The van der Waals surface area contributed by atoms with Crippen LogP contribution < -0.4 is 5.32 Å². The summed E-state index contributed by atoms with van der Waals surface area (Å²) >= 11 is 5.93. The minimum Gasteiger partial charge on any atom is -0.354 e. The highest BCUT2D eigenvalue weighted by Gasteiger charge is 2.27. The Morgan fingerprint density at radius 1 is 1.06 bits per heavy atom. The van der Waals surface area contributed by atoms with Crippen LogP contribution >= 0.6 is 11.6 Å². The normalized spacial score (nSPS) is 16.1. The molecule has 0 bridgehead atoms. The molecule has 0 saturated carbocycles. The molecule has 2 heterocycles. The number of amides is 1. The summed E-state index contributed by atoms with van der Waals surface area (Å²) < 4.78 is 29.6. The maximum atomic E-state index is 13.0. The minimum atomic E-state index is -3.49. The van der Waals surface area contributed by atoms with Crippen molar-refractivity contribution >= 4 is 38.4 Å². The largest absolute Gasteiger partial charge is 0.354 e. The van der Waals surface area contributed by atoms with Gasteiger partial charge in [0, 0.05) is 41.8 Å². The summed E-state index contributed by atoms with van der Waals surface area (Å²) in [5.74, 6) is -0.0472. The average Bonchev–Trinajstić information content (AvgIpc) is 3.24. The second-order valence-corrected chi connectivity index (χ2v) is 10.9. The van der Waals surface area contributed by atoms with Crippen LogP contribution in [0.3, 0.4) is 0 Å². The number of rotatable bonds is 8. The summed E-state index contributed by atoms with van der Waals surface area (Å²) in [6.45, 7) is 3.67. The van der Waals surface area contributed by atoms with E-state index in [1.807, 2.05) is 54.1 Å². The zero-order chi connectivity index (χ0) is 23.4. The molecule has 1 fully saturated rings. The van der Waals surface area contributed by atoms with Gasteiger partial charge in [0.15, 0.2) is 0 Å². The summed E-state index contributed by atoms with van der Waals surface area (Å²) in [5, 5.41) is 4.55. The Balaban J connectivity index is 1.48. The lowest BCUT2D eigenvalue weighted by atomic mass is 10.1. The first kappa shape index (κ1) is 23.8. The van der Waals surface area contributed by atoms with Gasteiger partial charge >= 0.3 is 0 Å². The highest BCUT2D eigenvalue weighted by molar-refractivity contribution is 7.89. The van der Waals surface area contributed by atoms with Gasteiger partial charge in [0.05, 0.1) is 4.90 Å². The van der Waals surface area contributed by atoms with E-state index in [1.54, 1.807) is 16.4 Å². The molecule has 0 spiro atoms. The van der Waals surface area contributed by atoms with Crippen LogP contribution in [0.15, 0.2) is 59.6 Å². The molecule has 0 radical (unpaired) electrons. The second-order valence-electron chi connectivity index (χ2n) is 8.50. The second kappa shape index (κ2) is 10.3. The standard InChI is InChI=1S/C25H30ClN3O3S/c1-2-23(25(30)27-14-12-19-6-8-21(26)9-7-19)29-17-13-20-18-22(10-11-24(20)29)33(31,32)28-15-4-3-5-16-28/h6-11,13,17-18,23H,2-5,12,14-16H2,1H3,(H,27,30). The molecule has 1 aromatic heterocycles. The Bertz CT molecular complexity index is 1220. The van der Waals surface area contributed by atoms with Gasteiger partial charge in [-0.3, -0.25) is 4.79 Å². The van der Waals surface area contributed by atoms with Crippen LogP contribution in [0.5, 0.6) is 0 Å². The van der Waals surface area contributed by atoms with E-state index < -0.39 is 10.0 Å². The van der Waals surface area contributed by atoms with Crippen molar-refractivity contribution < 1.29 is 13.2 Å². The topological polar surface area (TPSA) is 71.4 Å². The average molecular weight is 488 g/mol. The minimum absolute atomic E-state index is 0.0472. The molecule has 2 aromatic carbocycles. The first-order chi connectivity index (χ1) is 15.9. The molecule has 1 aliphatic heterocycles. The fourth-order valence-electron chi connectivity index (χ4n) is 4.44. The molecule has 1 unspecified atom stereocenters. The number of aromatic nitrogens is 1. The van der Waals surface area contributed by atoms with Crippen LogP contribution in [-0.4, -0.2) is 42.8 Å². The van der Waals surface area contributed by atoms with Gasteiger partial charge in [0.1, 0.15) is 6.04 Å². The molecule has 6 nitrogen and oxygen atoms in total. The fourth-order valence-corrected chi connectivity index (χ4v) is 6.11. The van der Waals surface area contributed by atoms with Gasteiger partial charge in [-0.05, 0) is 67.6 Å². The van der Waals surface area contributed by atoms with Crippen molar-refractivity contribution in [3.63, 3.8) is 0 Å². The van der Waals surface area contributed by atoms with Gasteiger partial charge in [0.2, 0.25) is 15.9 Å². The Morgan fingerprint density at radius 2 is 1.79 bits per heavy atom. The Kier molecular flexibility index (Phi) is 7.41. The van der Waals surface area contributed by atoms with E-state index in [2.05, 4.69) is 5.32 Å². The molecule has 1 aliphatic rings. The van der Waals surface area contributed by atoms with E-state index in [1.165, 1.54) is 0 Å². The van der Waals surface area contributed by atoms with Crippen molar-refractivity contribution in [1.29, 1.82) is 0 Å². The molecule has 176 valence electrons. The Labute approximate surface area is 200 Å². The summed E-state index contributed by atoms with van der Waals surface area (Å²) in [6.07, 6.45) is 6.11. The number of benzene rings is 2. The first-order valence-corrected chi connectivity index (χ1v) is 13.3. The molecule has 4 rings (SSSR count). The van der Waals surface area contributed by atoms with Gasteiger partial charge in [-0.1, -0.05) is 37.1 Å². The molecule has 1 amide bonds. The van der Waals surface area contributed by atoms with E-state index in [4.69, 9.17) is 11.6 Å². The molecular formula is C25H30ClN3O3S. The molecule has 0 aliphatic carbocycles. The number of sulfonamides is 1. The summed E-state index contributed by atoms with van der Waals surface area (Å²) in [7, 11) is -3.49. The summed E-state index contributed by atoms with van der Waals surface area (Å²) in [6, 6.07) is 14.3. The molecular weight excluding hydrogens is 458 g/mol. The Morgan fingerprint density at radius 3 is 2.48 bits per heavy atom. The number of piperidine rings is 1. The van der Waals surface area contributed by atoms with Gasteiger partial charge < -0.3 is 9.88 Å². The van der Waals surface area contributed by atoms with E-state index in [9.17, 15) is 13.2 Å². The highest BCUT2D eigenvalue weighted by Crippen LogP contribution is 2.27. The highest BCUT2D eigenvalue weighted by atomic mass is 35.5. The number of hydrogen-bond donors (Lipinski definition) is 1. The van der Waals surface area contributed by atoms with Crippen LogP contribution in [0.2, 0.25) is 5.02 Å². The van der Waals surface area contributed by atoms with Gasteiger partial charge in [-0.2, -0.15) is 4.31 Å². The number of carbonyl (C=O) groups is 1. The van der Waals surface area contributed by atoms with Crippen molar-refractivity contribution in [3.8, 4) is 0 Å². The lowest BCUT2D eigenvalue weighted by molar-refractivity contribution is -0.124. The number of nitrogens with one attached hydrogen (secondary N) is 1. The van der Waals surface area contributed by atoms with Crippen molar-refractivity contribution in [3.05, 3.63) is 65.3 Å².